The molecule has 0 aliphatic rings. The van der Waals surface area contributed by atoms with Gasteiger partial charge in [0.25, 0.3) is 0 Å². The highest BCUT2D eigenvalue weighted by atomic mass is 19.4. The topological polar surface area (TPSA) is 99.1 Å². The number of alkyl halides is 3. The first-order valence-corrected chi connectivity index (χ1v) is 10.8. The van der Waals surface area contributed by atoms with Crippen molar-refractivity contribution in [1.29, 1.82) is 0 Å². The number of rotatable bonds is 7. The van der Waals surface area contributed by atoms with Crippen molar-refractivity contribution < 1.29 is 22.3 Å². The van der Waals surface area contributed by atoms with Crippen LogP contribution >= 0.6 is 0 Å². The monoisotopic (exact) mass is 483 g/mol. The van der Waals surface area contributed by atoms with Crippen LogP contribution in [0, 0.1) is 5.92 Å². The molecule has 0 atom stereocenters. The van der Waals surface area contributed by atoms with Crippen LogP contribution in [0.3, 0.4) is 0 Å². The van der Waals surface area contributed by atoms with E-state index >= 15 is 0 Å². The highest BCUT2D eigenvalue weighted by molar-refractivity contribution is 5.80. The number of pyridine rings is 2. The molecular weight excluding hydrogens is 459 g/mol. The number of aromatic nitrogens is 3. The quantitative estimate of drug-likeness (QED) is 0.326. The Hall–Kier alpha value is -4.08. The van der Waals surface area contributed by atoms with Gasteiger partial charge < -0.3 is 20.2 Å². The molecule has 10 heteroatoms. The van der Waals surface area contributed by atoms with Crippen LogP contribution in [0.25, 0.3) is 34.0 Å². The minimum Gasteiger partial charge on any atom is -0.493 e. The largest absolute Gasteiger partial charge is 0.493 e. The van der Waals surface area contributed by atoms with E-state index in [0.29, 0.717) is 45.6 Å². The summed E-state index contributed by atoms with van der Waals surface area (Å²) in [6.07, 6.45) is -1.26. The van der Waals surface area contributed by atoms with Gasteiger partial charge in [-0.15, -0.1) is 0 Å². The standard InChI is InChI=1S/C25H24F3N5O2/c1-14(2)12-31-20-11-16(8-9-30-20)22-21(17-10-19(34-3)23(29)32-13-17)33-24(35-22)15-4-6-18(7-5-15)25(26,27)28/h4-11,13-14H,12H2,1-3H3,(H2,29,32)(H,30,31). The molecule has 4 rings (SSSR count). The van der Waals surface area contributed by atoms with Gasteiger partial charge in [-0.05, 0) is 48.4 Å². The molecule has 0 aliphatic carbocycles. The molecule has 35 heavy (non-hydrogen) atoms. The molecule has 3 N–H and O–H groups in total. The summed E-state index contributed by atoms with van der Waals surface area (Å²) in [5.74, 6) is 2.22. The molecule has 0 spiro atoms. The molecule has 3 aromatic heterocycles. The van der Waals surface area contributed by atoms with Crippen molar-refractivity contribution in [3.05, 3.63) is 60.4 Å². The first-order chi connectivity index (χ1) is 16.7. The molecule has 0 saturated carbocycles. The van der Waals surface area contributed by atoms with E-state index in [1.807, 2.05) is 6.07 Å². The van der Waals surface area contributed by atoms with Crippen LogP contribution in [0.4, 0.5) is 24.8 Å². The normalized spacial score (nSPS) is 11.6. The number of nitrogens with two attached hydrogens (primary N) is 1. The van der Waals surface area contributed by atoms with E-state index in [4.69, 9.17) is 14.9 Å². The predicted octanol–water partition coefficient (Wildman–Crippen LogP) is 6.14. The zero-order valence-electron chi connectivity index (χ0n) is 19.3. The lowest BCUT2D eigenvalue weighted by Crippen LogP contribution is -2.08. The molecule has 0 radical (unpaired) electrons. The molecule has 0 aliphatic heterocycles. The highest BCUT2D eigenvalue weighted by Gasteiger charge is 2.30. The van der Waals surface area contributed by atoms with Crippen LogP contribution in [-0.4, -0.2) is 28.6 Å². The molecule has 0 bridgehead atoms. The molecular formula is C25H24F3N5O2. The molecule has 0 fully saturated rings. The smallest absolute Gasteiger partial charge is 0.416 e. The van der Waals surface area contributed by atoms with Gasteiger partial charge in [0.05, 0.1) is 12.7 Å². The van der Waals surface area contributed by atoms with E-state index in [1.165, 1.54) is 25.4 Å². The Bertz CT molecular complexity index is 1320. The molecule has 4 aromatic rings. The van der Waals surface area contributed by atoms with Crippen molar-refractivity contribution in [1.82, 2.24) is 15.0 Å². The van der Waals surface area contributed by atoms with E-state index < -0.39 is 11.7 Å². The second-order valence-electron chi connectivity index (χ2n) is 8.29. The lowest BCUT2D eigenvalue weighted by atomic mass is 10.1. The third kappa shape index (κ3) is 5.37. The number of nitrogens with one attached hydrogen (secondary N) is 1. The fourth-order valence-electron chi connectivity index (χ4n) is 3.36. The van der Waals surface area contributed by atoms with E-state index in [0.717, 1.165) is 18.7 Å². The molecule has 0 saturated heterocycles. The summed E-state index contributed by atoms with van der Waals surface area (Å²) < 4.78 is 50.4. The van der Waals surface area contributed by atoms with Crippen molar-refractivity contribution >= 4 is 11.6 Å². The number of nitrogens with zero attached hydrogens (tertiary/aromatic N) is 3. The number of halogens is 3. The van der Waals surface area contributed by atoms with E-state index in [1.54, 1.807) is 18.3 Å². The molecule has 3 heterocycles. The Morgan fingerprint density at radius 1 is 1.03 bits per heavy atom. The van der Waals surface area contributed by atoms with Gasteiger partial charge in [-0.25, -0.2) is 15.0 Å². The Balaban J connectivity index is 1.82. The number of methoxy groups -OCH3 is 1. The minimum absolute atomic E-state index is 0.160. The fraction of sp³-hybridized carbons (Fsp3) is 0.240. The van der Waals surface area contributed by atoms with Crippen LogP contribution in [0.2, 0.25) is 0 Å². The van der Waals surface area contributed by atoms with Crippen LogP contribution in [-0.2, 0) is 6.18 Å². The number of hydrogen-bond donors (Lipinski definition) is 2. The van der Waals surface area contributed by atoms with Crippen molar-refractivity contribution in [2.75, 3.05) is 24.7 Å². The fourth-order valence-corrected chi connectivity index (χ4v) is 3.36. The Labute approximate surface area is 200 Å². The van der Waals surface area contributed by atoms with Gasteiger partial charge in [0.15, 0.2) is 17.3 Å². The van der Waals surface area contributed by atoms with Gasteiger partial charge in [0, 0.05) is 35.6 Å². The molecule has 182 valence electrons. The zero-order chi connectivity index (χ0) is 25.2. The lowest BCUT2D eigenvalue weighted by molar-refractivity contribution is -0.137. The summed E-state index contributed by atoms with van der Waals surface area (Å²) in [7, 11) is 1.48. The van der Waals surface area contributed by atoms with Crippen LogP contribution in [0.15, 0.2) is 59.3 Å². The number of nitrogen functional groups attached to an aromatic ring is 1. The summed E-state index contributed by atoms with van der Waals surface area (Å²) in [5.41, 5.74) is 7.19. The van der Waals surface area contributed by atoms with Gasteiger partial charge >= 0.3 is 6.18 Å². The van der Waals surface area contributed by atoms with E-state index in [2.05, 4.69) is 34.1 Å². The maximum Gasteiger partial charge on any atom is 0.416 e. The first kappa shape index (κ1) is 24.1. The highest BCUT2D eigenvalue weighted by Crippen LogP contribution is 2.38. The third-order valence-electron chi connectivity index (χ3n) is 5.18. The van der Waals surface area contributed by atoms with Crippen molar-refractivity contribution in [3.63, 3.8) is 0 Å². The van der Waals surface area contributed by atoms with Gasteiger partial charge in [-0.1, -0.05) is 13.8 Å². The van der Waals surface area contributed by atoms with Gasteiger partial charge in [0.2, 0.25) is 5.89 Å². The maximum atomic E-state index is 13.0. The minimum atomic E-state index is -4.44. The van der Waals surface area contributed by atoms with Crippen LogP contribution in [0.5, 0.6) is 5.75 Å². The van der Waals surface area contributed by atoms with Gasteiger partial charge in [0.1, 0.15) is 11.5 Å². The summed E-state index contributed by atoms with van der Waals surface area (Å²) >= 11 is 0. The number of benzene rings is 1. The average Bonchev–Trinajstić information content (AvgIpc) is 3.28. The second kappa shape index (κ2) is 9.65. The average molecular weight is 483 g/mol. The number of anilines is 2. The maximum absolute atomic E-state index is 13.0. The summed E-state index contributed by atoms with van der Waals surface area (Å²) in [6, 6.07) is 9.91. The molecule has 0 unspecified atom stereocenters. The lowest BCUT2D eigenvalue weighted by Gasteiger charge is -2.09. The first-order valence-electron chi connectivity index (χ1n) is 10.8. The molecule has 7 nitrogen and oxygen atoms in total. The van der Waals surface area contributed by atoms with Crippen LogP contribution < -0.4 is 15.8 Å². The van der Waals surface area contributed by atoms with E-state index in [-0.39, 0.29) is 11.7 Å². The third-order valence-corrected chi connectivity index (χ3v) is 5.18. The number of hydrogen-bond acceptors (Lipinski definition) is 7. The second-order valence-corrected chi connectivity index (χ2v) is 8.29. The number of ether oxygens (including phenoxy) is 1. The number of oxazole rings is 1. The zero-order valence-corrected chi connectivity index (χ0v) is 19.3. The summed E-state index contributed by atoms with van der Waals surface area (Å²) in [6.45, 7) is 4.90. The van der Waals surface area contributed by atoms with Gasteiger partial charge in [-0.2, -0.15) is 13.2 Å². The van der Waals surface area contributed by atoms with Crippen molar-refractivity contribution in [2.24, 2.45) is 5.92 Å². The molecule has 1 aromatic carbocycles. The SMILES string of the molecule is COc1cc(-c2nc(-c3ccc(C(F)(F)F)cc3)oc2-c2ccnc(NCC(C)C)c2)cnc1N. The Morgan fingerprint density at radius 2 is 1.77 bits per heavy atom. The van der Waals surface area contributed by atoms with Crippen LogP contribution in [0.1, 0.15) is 19.4 Å². The summed E-state index contributed by atoms with van der Waals surface area (Å²) in [4.78, 5) is 13.1. The van der Waals surface area contributed by atoms with Crippen molar-refractivity contribution in [2.45, 2.75) is 20.0 Å². The van der Waals surface area contributed by atoms with E-state index in [9.17, 15) is 13.2 Å². The van der Waals surface area contributed by atoms with Gasteiger partial charge in [-0.3, -0.25) is 0 Å². The Morgan fingerprint density at radius 3 is 2.43 bits per heavy atom. The molecule has 0 amide bonds. The van der Waals surface area contributed by atoms with Crippen molar-refractivity contribution in [3.8, 4) is 39.8 Å². The Kier molecular flexibility index (Phi) is 6.63. The predicted molar refractivity (Wildman–Crippen MR) is 128 cm³/mol. The summed E-state index contributed by atoms with van der Waals surface area (Å²) in [5, 5.41) is 3.27.